The molecule has 2 N–H and O–H groups in total. The molecule has 3 aromatic rings. The molecule has 0 bridgehead atoms. The second-order valence-electron chi connectivity index (χ2n) is 4.38. The third-order valence-corrected chi connectivity index (χ3v) is 3.78. The summed E-state index contributed by atoms with van der Waals surface area (Å²) >= 11 is 12.2. The highest BCUT2D eigenvalue weighted by Gasteiger charge is 2.14. The van der Waals surface area contributed by atoms with Crippen molar-refractivity contribution in [1.82, 2.24) is 14.5 Å². The van der Waals surface area contributed by atoms with Crippen molar-refractivity contribution >= 4 is 40.1 Å². The Hall–Kier alpha value is -1.78. The minimum Gasteiger partial charge on any atom is -0.396 e. The van der Waals surface area contributed by atoms with Crippen molar-refractivity contribution in [1.29, 1.82) is 0 Å². The Morgan fingerprint density at radius 1 is 1.25 bits per heavy atom. The normalized spacial score (nSPS) is 11.2. The molecule has 0 spiro atoms. The number of halogens is 2. The van der Waals surface area contributed by atoms with Gasteiger partial charge in [0.1, 0.15) is 11.3 Å². The summed E-state index contributed by atoms with van der Waals surface area (Å²) in [5, 5.41) is 0.852. The van der Waals surface area contributed by atoms with Gasteiger partial charge in [0.15, 0.2) is 5.65 Å². The molecule has 102 valence electrons. The van der Waals surface area contributed by atoms with Gasteiger partial charge in [0.05, 0.1) is 15.7 Å². The molecular formula is C14H12Cl2N4. The topological polar surface area (TPSA) is 56.7 Å². The first kappa shape index (κ1) is 13.2. The summed E-state index contributed by atoms with van der Waals surface area (Å²) in [5.74, 6) is 0.782. The summed E-state index contributed by atoms with van der Waals surface area (Å²) in [4.78, 5) is 8.98. The van der Waals surface area contributed by atoms with E-state index in [2.05, 4.69) is 9.97 Å². The number of anilines is 1. The zero-order valence-corrected chi connectivity index (χ0v) is 12.3. The first-order valence-electron chi connectivity index (χ1n) is 6.18. The third kappa shape index (κ3) is 2.01. The van der Waals surface area contributed by atoms with E-state index >= 15 is 0 Å². The van der Waals surface area contributed by atoms with E-state index in [0.717, 1.165) is 29.1 Å². The van der Waals surface area contributed by atoms with E-state index in [1.165, 1.54) is 0 Å². The average molecular weight is 307 g/mol. The molecule has 0 aliphatic heterocycles. The van der Waals surface area contributed by atoms with Crippen LogP contribution in [0.2, 0.25) is 10.0 Å². The highest BCUT2D eigenvalue weighted by atomic mass is 35.5. The standard InChI is InChI=1S/C14H12Cl2N4/c1-2-20-13(19-11-4-3-5-18-14(11)20)8-6-9(15)12(17)10(16)7-8/h3-7H,2,17H2,1H3. The first-order valence-corrected chi connectivity index (χ1v) is 6.93. The largest absolute Gasteiger partial charge is 0.396 e. The summed E-state index contributed by atoms with van der Waals surface area (Å²) in [6.45, 7) is 2.79. The van der Waals surface area contributed by atoms with Gasteiger partial charge >= 0.3 is 0 Å². The van der Waals surface area contributed by atoms with Crippen molar-refractivity contribution in [2.24, 2.45) is 0 Å². The molecule has 0 radical (unpaired) electrons. The van der Waals surface area contributed by atoms with Gasteiger partial charge in [-0.15, -0.1) is 0 Å². The van der Waals surface area contributed by atoms with Gasteiger partial charge < -0.3 is 10.3 Å². The Morgan fingerprint density at radius 3 is 2.60 bits per heavy atom. The molecule has 0 saturated heterocycles. The Kier molecular flexibility index (Phi) is 3.28. The molecule has 0 amide bonds. The smallest absolute Gasteiger partial charge is 0.160 e. The lowest BCUT2D eigenvalue weighted by atomic mass is 10.2. The number of hydrogen-bond acceptors (Lipinski definition) is 3. The van der Waals surface area contributed by atoms with Gasteiger partial charge in [-0.25, -0.2) is 9.97 Å². The van der Waals surface area contributed by atoms with Crippen LogP contribution in [0, 0.1) is 0 Å². The predicted octanol–water partition coefficient (Wildman–Crippen LogP) is 4.01. The number of imidazole rings is 1. The predicted molar refractivity (Wildman–Crippen MR) is 83.1 cm³/mol. The lowest BCUT2D eigenvalue weighted by Crippen LogP contribution is -1.99. The Labute approximate surface area is 126 Å². The molecule has 2 aromatic heterocycles. The number of benzene rings is 1. The second-order valence-corrected chi connectivity index (χ2v) is 5.19. The minimum absolute atomic E-state index is 0.384. The lowest BCUT2D eigenvalue weighted by Gasteiger charge is -2.08. The van der Waals surface area contributed by atoms with E-state index in [0.29, 0.717) is 15.7 Å². The van der Waals surface area contributed by atoms with Crippen LogP contribution in [-0.4, -0.2) is 14.5 Å². The maximum absolute atomic E-state index is 6.10. The van der Waals surface area contributed by atoms with Crippen molar-refractivity contribution in [3.63, 3.8) is 0 Å². The SMILES string of the molecule is CCn1c(-c2cc(Cl)c(N)c(Cl)c2)nc2cccnc21. The summed E-state index contributed by atoms with van der Waals surface area (Å²) in [5.41, 5.74) is 8.67. The van der Waals surface area contributed by atoms with Crippen LogP contribution in [-0.2, 0) is 6.54 Å². The van der Waals surface area contributed by atoms with Gasteiger partial charge in [0, 0.05) is 18.3 Å². The van der Waals surface area contributed by atoms with E-state index in [-0.39, 0.29) is 0 Å². The summed E-state index contributed by atoms with van der Waals surface area (Å²) in [7, 11) is 0. The maximum atomic E-state index is 6.10. The van der Waals surface area contributed by atoms with Crippen LogP contribution in [0.3, 0.4) is 0 Å². The zero-order valence-electron chi connectivity index (χ0n) is 10.8. The molecule has 0 aliphatic rings. The molecule has 4 nitrogen and oxygen atoms in total. The number of nitrogens with zero attached hydrogens (tertiary/aromatic N) is 3. The first-order chi connectivity index (χ1) is 9.61. The molecule has 0 saturated carbocycles. The van der Waals surface area contributed by atoms with Crippen LogP contribution in [0.5, 0.6) is 0 Å². The molecule has 2 heterocycles. The molecule has 0 atom stereocenters. The fourth-order valence-electron chi connectivity index (χ4n) is 2.19. The highest BCUT2D eigenvalue weighted by molar-refractivity contribution is 6.39. The number of nitrogens with two attached hydrogens (primary N) is 1. The van der Waals surface area contributed by atoms with E-state index in [9.17, 15) is 0 Å². The van der Waals surface area contributed by atoms with E-state index in [1.807, 2.05) is 23.6 Å². The van der Waals surface area contributed by atoms with Crippen LogP contribution >= 0.6 is 23.2 Å². The monoisotopic (exact) mass is 306 g/mol. The van der Waals surface area contributed by atoms with E-state index in [4.69, 9.17) is 28.9 Å². The fraction of sp³-hybridized carbons (Fsp3) is 0.143. The quantitative estimate of drug-likeness (QED) is 0.728. The lowest BCUT2D eigenvalue weighted by molar-refractivity contribution is 0.787. The molecule has 3 rings (SSSR count). The summed E-state index contributed by atoms with van der Waals surface area (Å²) in [6.07, 6.45) is 1.75. The minimum atomic E-state index is 0.384. The number of rotatable bonds is 2. The summed E-state index contributed by atoms with van der Waals surface area (Å²) < 4.78 is 2.02. The Bertz CT molecular complexity index is 772. The molecule has 20 heavy (non-hydrogen) atoms. The Morgan fingerprint density at radius 2 is 1.95 bits per heavy atom. The van der Waals surface area contributed by atoms with Crippen LogP contribution in [0.1, 0.15) is 6.92 Å². The number of fused-ring (bicyclic) bond motifs is 1. The number of aromatic nitrogens is 3. The molecule has 0 fully saturated rings. The number of pyridine rings is 1. The summed E-state index contributed by atoms with van der Waals surface area (Å²) in [6, 6.07) is 7.34. The second kappa shape index (κ2) is 4.96. The fourth-order valence-corrected chi connectivity index (χ4v) is 2.68. The van der Waals surface area contributed by atoms with Crippen molar-refractivity contribution in [3.8, 4) is 11.4 Å². The van der Waals surface area contributed by atoms with Crippen LogP contribution in [0.4, 0.5) is 5.69 Å². The van der Waals surface area contributed by atoms with Crippen molar-refractivity contribution in [2.45, 2.75) is 13.5 Å². The molecule has 1 aromatic carbocycles. The zero-order chi connectivity index (χ0) is 14.3. The van der Waals surface area contributed by atoms with Crippen molar-refractivity contribution in [2.75, 3.05) is 5.73 Å². The molecule has 0 unspecified atom stereocenters. The molecule has 0 aliphatic carbocycles. The van der Waals surface area contributed by atoms with Crippen molar-refractivity contribution < 1.29 is 0 Å². The Balaban J connectivity index is 2.29. The number of aryl methyl sites for hydroxylation is 1. The average Bonchev–Trinajstić information content (AvgIpc) is 2.82. The number of nitrogen functional groups attached to an aromatic ring is 1. The highest BCUT2D eigenvalue weighted by Crippen LogP contribution is 2.34. The van der Waals surface area contributed by atoms with Crippen LogP contribution < -0.4 is 5.73 Å². The van der Waals surface area contributed by atoms with Gasteiger partial charge in [-0.1, -0.05) is 23.2 Å². The third-order valence-electron chi connectivity index (χ3n) is 3.16. The molecule has 6 heteroatoms. The van der Waals surface area contributed by atoms with Crippen LogP contribution in [0.15, 0.2) is 30.5 Å². The molecular weight excluding hydrogens is 295 g/mol. The van der Waals surface area contributed by atoms with Gasteiger partial charge in [-0.05, 0) is 31.2 Å². The van der Waals surface area contributed by atoms with Crippen molar-refractivity contribution in [3.05, 3.63) is 40.5 Å². The van der Waals surface area contributed by atoms with Crippen LogP contribution in [0.25, 0.3) is 22.6 Å². The maximum Gasteiger partial charge on any atom is 0.160 e. The van der Waals surface area contributed by atoms with E-state index < -0.39 is 0 Å². The van der Waals surface area contributed by atoms with Gasteiger partial charge in [0.25, 0.3) is 0 Å². The number of hydrogen-bond donors (Lipinski definition) is 1. The van der Waals surface area contributed by atoms with E-state index in [1.54, 1.807) is 18.3 Å². The van der Waals surface area contributed by atoms with Gasteiger partial charge in [-0.2, -0.15) is 0 Å². The van der Waals surface area contributed by atoms with Gasteiger partial charge in [-0.3, -0.25) is 0 Å². The van der Waals surface area contributed by atoms with Gasteiger partial charge in [0.2, 0.25) is 0 Å².